The van der Waals surface area contributed by atoms with Crippen molar-refractivity contribution in [2.24, 2.45) is 0 Å². The van der Waals surface area contributed by atoms with Crippen LogP contribution in [-0.4, -0.2) is 0 Å². The minimum Gasteiger partial charge on any atom is -0.144 e. The molecule has 0 aromatic carbocycles. The molecule has 0 spiro atoms. The maximum atomic E-state index is 3.81. The van der Waals surface area contributed by atoms with Crippen LogP contribution < -0.4 is 0 Å². The third-order valence-electron chi connectivity index (χ3n) is 2.67. The second-order valence-corrected chi connectivity index (χ2v) is 6.61. The molecule has 0 aliphatic carbocycles. The van der Waals surface area contributed by atoms with Gasteiger partial charge in [0.25, 0.3) is 0 Å². The summed E-state index contributed by atoms with van der Waals surface area (Å²) >= 11 is 5.75. The molecule has 0 saturated carbocycles. The normalized spacial score (nSPS) is 13.1. The molecule has 0 amide bonds. The van der Waals surface area contributed by atoms with Gasteiger partial charge in [-0.25, -0.2) is 0 Å². The Morgan fingerprint density at radius 2 is 2.00 bits per heavy atom. The molecule has 1 rings (SSSR count). The SMILES string of the molecule is CCCCCCC(Br)c1sc(C)cc1C. The zero-order valence-electron chi connectivity index (χ0n) is 9.98. The van der Waals surface area contributed by atoms with E-state index in [2.05, 4.69) is 42.8 Å². The summed E-state index contributed by atoms with van der Waals surface area (Å²) in [5.41, 5.74) is 1.45. The van der Waals surface area contributed by atoms with Gasteiger partial charge in [-0.15, -0.1) is 11.3 Å². The molecule has 0 saturated heterocycles. The van der Waals surface area contributed by atoms with Gasteiger partial charge in [-0.3, -0.25) is 0 Å². The van der Waals surface area contributed by atoms with Crippen LogP contribution in [0, 0.1) is 13.8 Å². The second-order valence-electron chi connectivity index (χ2n) is 4.22. The molecular weight excluding hydrogens is 268 g/mol. The van der Waals surface area contributed by atoms with Gasteiger partial charge in [0.15, 0.2) is 0 Å². The first-order chi connectivity index (χ1) is 7.15. The van der Waals surface area contributed by atoms with Crippen LogP contribution in [0.3, 0.4) is 0 Å². The van der Waals surface area contributed by atoms with Crippen molar-refractivity contribution in [2.75, 3.05) is 0 Å². The van der Waals surface area contributed by atoms with Crippen molar-refractivity contribution in [1.29, 1.82) is 0 Å². The molecule has 0 N–H and O–H groups in total. The smallest absolute Gasteiger partial charge is 0.0491 e. The summed E-state index contributed by atoms with van der Waals surface area (Å²) in [7, 11) is 0. The van der Waals surface area contributed by atoms with Crippen molar-refractivity contribution < 1.29 is 0 Å². The van der Waals surface area contributed by atoms with Crippen LogP contribution in [-0.2, 0) is 0 Å². The molecule has 1 unspecified atom stereocenters. The Bertz CT molecular complexity index is 291. The molecule has 0 radical (unpaired) electrons. The number of thiophene rings is 1. The van der Waals surface area contributed by atoms with Crippen LogP contribution in [0.4, 0.5) is 0 Å². The zero-order valence-corrected chi connectivity index (χ0v) is 12.4. The molecule has 0 fully saturated rings. The summed E-state index contributed by atoms with van der Waals surface area (Å²) in [4.78, 5) is 3.54. The molecule has 0 aliphatic rings. The first-order valence-corrected chi connectivity index (χ1v) is 7.59. The van der Waals surface area contributed by atoms with Gasteiger partial charge in [-0.05, 0) is 31.9 Å². The van der Waals surface area contributed by atoms with Gasteiger partial charge in [0, 0.05) is 14.6 Å². The topological polar surface area (TPSA) is 0 Å². The quantitative estimate of drug-likeness (QED) is 0.460. The van der Waals surface area contributed by atoms with E-state index in [1.807, 2.05) is 11.3 Å². The number of rotatable bonds is 6. The highest BCUT2D eigenvalue weighted by Crippen LogP contribution is 2.36. The van der Waals surface area contributed by atoms with Crippen LogP contribution in [0.5, 0.6) is 0 Å². The first kappa shape index (κ1) is 13.2. The summed E-state index contributed by atoms with van der Waals surface area (Å²) in [6, 6.07) is 2.29. The Morgan fingerprint density at radius 3 is 2.53 bits per heavy atom. The summed E-state index contributed by atoms with van der Waals surface area (Å²) < 4.78 is 0. The lowest BCUT2D eigenvalue weighted by molar-refractivity contribution is 0.632. The highest BCUT2D eigenvalue weighted by molar-refractivity contribution is 9.09. The van der Waals surface area contributed by atoms with Crippen LogP contribution in [0.15, 0.2) is 6.07 Å². The Labute approximate surface area is 106 Å². The van der Waals surface area contributed by atoms with Crippen LogP contribution in [0.1, 0.15) is 59.2 Å². The number of alkyl halides is 1. The lowest BCUT2D eigenvalue weighted by Gasteiger charge is -2.08. The minimum absolute atomic E-state index is 0.577. The number of hydrogen-bond acceptors (Lipinski definition) is 1. The van der Waals surface area contributed by atoms with E-state index >= 15 is 0 Å². The maximum absolute atomic E-state index is 3.81. The van der Waals surface area contributed by atoms with E-state index in [-0.39, 0.29) is 0 Å². The zero-order chi connectivity index (χ0) is 11.3. The van der Waals surface area contributed by atoms with Gasteiger partial charge in [0.2, 0.25) is 0 Å². The van der Waals surface area contributed by atoms with E-state index in [4.69, 9.17) is 0 Å². The van der Waals surface area contributed by atoms with Crippen molar-refractivity contribution >= 4 is 27.3 Å². The average molecular weight is 289 g/mol. The van der Waals surface area contributed by atoms with Gasteiger partial charge < -0.3 is 0 Å². The van der Waals surface area contributed by atoms with Gasteiger partial charge >= 0.3 is 0 Å². The number of hydrogen-bond donors (Lipinski definition) is 0. The summed E-state index contributed by atoms with van der Waals surface area (Å²) in [5, 5.41) is 0. The Morgan fingerprint density at radius 1 is 1.27 bits per heavy atom. The van der Waals surface area contributed by atoms with Crippen molar-refractivity contribution in [1.82, 2.24) is 0 Å². The molecule has 0 bridgehead atoms. The maximum Gasteiger partial charge on any atom is 0.0491 e. The van der Waals surface area contributed by atoms with E-state index < -0.39 is 0 Å². The predicted molar refractivity (Wildman–Crippen MR) is 74.2 cm³/mol. The standard InChI is InChI=1S/C13H21BrS/c1-4-5-6-7-8-12(14)13-10(2)9-11(3)15-13/h9,12H,4-8H2,1-3H3. The molecule has 2 heteroatoms. The Balaban J connectivity index is 2.39. The first-order valence-electron chi connectivity index (χ1n) is 5.86. The number of unbranched alkanes of at least 4 members (excludes halogenated alkanes) is 3. The van der Waals surface area contributed by atoms with Crippen molar-refractivity contribution in [2.45, 2.75) is 57.7 Å². The summed E-state index contributed by atoms with van der Waals surface area (Å²) in [6.07, 6.45) is 6.70. The van der Waals surface area contributed by atoms with E-state index in [1.165, 1.54) is 47.4 Å². The summed E-state index contributed by atoms with van der Waals surface area (Å²) in [5.74, 6) is 0. The molecule has 15 heavy (non-hydrogen) atoms. The fourth-order valence-electron chi connectivity index (χ4n) is 1.85. The van der Waals surface area contributed by atoms with Crippen molar-refractivity contribution in [3.05, 3.63) is 21.4 Å². The van der Waals surface area contributed by atoms with Crippen molar-refractivity contribution in [3.63, 3.8) is 0 Å². The fraction of sp³-hybridized carbons (Fsp3) is 0.692. The second kappa shape index (κ2) is 6.70. The minimum atomic E-state index is 0.577. The lowest BCUT2D eigenvalue weighted by atomic mass is 10.1. The van der Waals surface area contributed by atoms with Gasteiger partial charge in [0.05, 0.1) is 0 Å². The van der Waals surface area contributed by atoms with E-state index in [0.29, 0.717) is 4.83 Å². The molecule has 0 aliphatic heterocycles. The third kappa shape index (κ3) is 4.28. The number of aryl methyl sites for hydroxylation is 2. The van der Waals surface area contributed by atoms with Crippen LogP contribution >= 0.6 is 27.3 Å². The molecule has 86 valence electrons. The molecule has 1 atom stereocenters. The molecule has 1 aromatic heterocycles. The molecule has 1 heterocycles. The van der Waals surface area contributed by atoms with E-state index in [9.17, 15) is 0 Å². The van der Waals surface area contributed by atoms with Crippen molar-refractivity contribution in [3.8, 4) is 0 Å². The van der Waals surface area contributed by atoms with Gasteiger partial charge in [0.1, 0.15) is 0 Å². The van der Waals surface area contributed by atoms with Crippen LogP contribution in [0.25, 0.3) is 0 Å². The van der Waals surface area contributed by atoms with Gasteiger partial charge in [-0.1, -0.05) is 48.5 Å². The summed E-state index contributed by atoms with van der Waals surface area (Å²) in [6.45, 7) is 6.68. The fourth-order valence-corrected chi connectivity index (χ4v) is 3.87. The van der Waals surface area contributed by atoms with Gasteiger partial charge in [-0.2, -0.15) is 0 Å². The average Bonchev–Trinajstić information content (AvgIpc) is 2.52. The van der Waals surface area contributed by atoms with Crippen LogP contribution in [0.2, 0.25) is 0 Å². The van der Waals surface area contributed by atoms with E-state index in [1.54, 1.807) is 0 Å². The highest BCUT2D eigenvalue weighted by atomic mass is 79.9. The lowest BCUT2D eigenvalue weighted by Crippen LogP contribution is -1.89. The molecule has 1 aromatic rings. The Kier molecular flexibility index (Phi) is 5.91. The molecule has 0 nitrogen and oxygen atoms in total. The van der Waals surface area contributed by atoms with E-state index in [0.717, 1.165) is 0 Å². The Hall–Kier alpha value is 0.180. The monoisotopic (exact) mass is 288 g/mol. The largest absolute Gasteiger partial charge is 0.144 e. The third-order valence-corrected chi connectivity index (χ3v) is 5.16. The highest BCUT2D eigenvalue weighted by Gasteiger charge is 2.12. The predicted octanol–water partition coefficient (Wildman–Crippen LogP) is 5.77. The number of halogens is 1. The molecular formula is C13H21BrS.